The van der Waals surface area contributed by atoms with Crippen molar-refractivity contribution in [2.75, 3.05) is 0 Å². The Hall–Kier alpha value is -2.23. The highest BCUT2D eigenvalue weighted by Gasteiger charge is 2.26. The largest absolute Gasteiger partial charge is 0.476 e. The van der Waals surface area contributed by atoms with Crippen molar-refractivity contribution in [3.63, 3.8) is 0 Å². The van der Waals surface area contributed by atoms with Crippen LogP contribution in [0.15, 0.2) is 36.7 Å². The molecule has 3 rings (SSSR count). The number of carbonyl (C=O) groups is 1. The van der Waals surface area contributed by atoms with Crippen LogP contribution in [-0.2, 0) is 0 Å². The van der Waals surface area contributed by atoms with Gasteiger partial charge in [-0.3, -0.25) is 4.98 Å². The summed E-state index contributed by atoms with van der Waals surface area (Å²) in [6.07, 6.45) is 5.52. The van der Waals surface area contributed by atoms with Crippen molar-refractivity contribution in [3.05, 3.63) is 48.0 Å². The standard InChI is InChI=1S/C14H12N2O2/c17-14(18)13-11(9-5-7-15-8-6-9)3-4-12(16-13)10-1-2-10/h3-8,10H,1-2H2,(H,17,18). The van der Waals surface area contributed by atoms with E-state index in [1.165, 1.54) is 0 Å². The Labute approximate surface area is 104 Å². The van der Waals surface area contributed by atoms with Gasteiger partial charge in [0.25, 0.3) is 0 Å². The monoisotopic (exact) mass is 240 g/mol. The molecule has 0 bridgehead atoms. The van der Waals surface area contributed by atoms with Gasteiger partial charge >= 0.3 is 5.97 Å². The molecule has 0 spiro atoms. The molecule has 0 atom stereocenters. The third-order valence-corrected chi connectivity index (χ3v) is 3.11. The van der Waals surface area contributed by atoms with E-state index in [-0.39, 0.29) is 5.69 Å². The summed E-state index contributed by atoms with van der Waals surface area (Å²) in [5, 5.41) is 9.28. The second kappa shape index (κ2) is 4.22. The van der Waals surface area contributed by atoms with Crippen molar-refractivity contribution in [2.45, 2.75) is 18.8 Å². The van der Waals surface area contributed by atoms with Crippen molar-refractivity contribution in [1.82, 2.24) is 9.97 Å². The van der Waals surface area contributed by atoms with Crippen LogP contribution in [0.3, 0.4) is 0 Å². The predicted molar refractivity (Wildman–Crippen MR) is 66.4 cm³/mol. The number of carboxylic acids is 1. The maximum Gasteiger partial charge on any atom is 0.355 e. The van der Waals surface area contributed by atoms with Crippen LogP contribution in [-0.4, -0.2) is 21.0 Å². The van der Waals surface area contributed by atoms with Crippen molar-refractivity contribution in [3.8, 4) is 11.1 Å². The third kappa shape index (κ3) is 1.97. The predicted octanol–water partition coefficient (Wildman–Crippen LogP) is 2.72. The normalized spacial score (nSPS) is 14.4. The molecular formula is C14H12N2O2. The van der Waals surface area contributed by atoms with Crippen LogP contribution < -0.4 is 0 Å². The average Bonchev–Trinajstić information content (AvgIpc) is 3.23. The molecule has 4 nitrogen and oxygen atoms in total. The summed E-state index contributed by atoms with van der Waals surface area (Å²) in [6, 6.07) is 7.36. The fraction of sp³-hybridized carbons (Fsp3) is 0.214. The minimum absolute atomic E-state index is 0.130. The van der Waals surface area contributed by atoms with E-state index in [0.29, 0.717) is 11.5 Å². The SMILES string of the molecule is O=C(O)c1nc(C2CC2)ccc1-c1ccncc1. The van der Waals surface area contributed by atoms with E-state index >= 15 is 0 Å². The molecule has 0 aliphatic heterocycles. The van der Waals surface area contributed by atoms with E-state index in [2.05, 4.69) is 9.97 Å². The van der Waals surface area contributed by atoms with Gasteiger partial charge in [-0.25, -0.2) is 9.78 Å². The first-order chi connectivity index (χ1) is 8.75. The molecule has 1 aliphatic rings. The van der Waals surface area contributed by atoms with Crippen LogP contribution in [0.25, 0.3) is 11.1 Å². The maximum atomic E-state index is 11.3. The summed E-state index contributed by atoms with van der Waals surface area (Å²) >= 11 is 0. The number of hydrogen-bond acceptors (Lipinski definition) is 3. The minimum atomic E-state index is -0.982. The molecule has 18 heavy (non-hydrogen) atoms. The number of aromatic carboxylic acids is 1. The first-order valence-corrected chi connectivity index (χ1v) is 5.90. The van der Waals surface area contributed by atoms with Crippen LogP contribution in [0.5, 0.6) is 0 Å². The fourth-order valence-corrected chi connectivity index (χ4v) is 2.01. The molecule has 4 heteroatoms. The Balaban J connectivity index is 2.11. The van der Waals surface area contributed by atoms with Gasteiger partial charge in [-0.05, 0) is 36.6 Å². The molecule has 0 saturated heterocycles. The molecular weight excluding hydrogens is 228 g/mol. The van der Waals surface area contributed by atoms with Gasteiger partial charge in [-0.15, -0.1) is 0 Å². The van der Waals surface area contributed by atoms with E-state index in [9.17, 15) is 9.90 Å². The van der Waals surface area contributed by atoms with Gasteiger partial charge in [-0.2, -0.15) is 0 Å². The number of nitrogens with zero attached hydrogens (tertiary/aromatic N) is 2. The Bertz CT molecular complexity index is 592. The van der Waals surface area contributed by atoms with Crippen molar-refractivity contribution in [2.24, 2.45) is 0 Å². The smallest absolute Gasteiger partial charge is 0.355 e. The fourth-order valence-electron chi connectivity index (χ4n) is 2.01. The maximum absolute atomic E-state index is 11.3. The average molecular weight is 240 g/mol. The first-order valence-electron chi connectivity index (χ1n) is 5.90. The molecule has 1 aliphatic carbocycles. The molecule has 2 heterocycles. The Morgan fingerprint density at radius 3 is 2.50 bits per heavy atom. The number of pyridine rings is 2. The van der Waals surface area contributed by atoms with E-state index in [1.54, 1.807) is 24.5 Å². The van der Waals surface area contributed by atoms with Gasteiger partial charge in [0.1, 0.15) is 0 Å². The van der Waals surface area contributed by atoms with Gasteiger partial charge < -0.3 is 5.11 Å². The van der Waals surface area contributed by atoms with Gasteiger partial charge in [0.15, 0.2) is 5.69 Å². The van der Waals surface area contributed by atoms with Crippen LogP contribution in [0.4, 0.5) is 0 Å². The second-order valence-electron chi connectivity index (χ2n) is 4.45. The highest BCUT2D eigenvalue weighted by atomic mass is 16.4. The highest BCUT2D eigenvalue weighted by Crippen LogP contribution is 2.39. The molecule has 0 radical (unpaired) electrons. The highest BCUT2D eigenvalue weighted by molar-refractivity contribution is 5.93. The summed E-state index contributed by atoms with van der Waals surface area (Å²) in [5.74, 6) is -0.529. The molecule has 2 aromatic heterocycles. The number of aromatic nitrogens is 2. The summed E-state index contributed by atoms with van der Waals surface area (Å²) in [6.45, 7) is 0. The number of rotatable bonds is 3. The Kier molecular flexibility index (Phi) is 2.55. The van der Waals surface area contributed by atoms with Crippen LogP contribution in [0.1, 0.15) is 34.9 Å². The second-order valence-corrected chi connectivity index (χ2v) is 4.45. The zero-order valence-electron chi connectivity index (χ0n) is 9.71. The molecule has 1 saturated carbocycles. The number of hydrogen-bond donors (Lipinski definition) is 1. The summed E-state index contributed by atoms with van der Waals surface area (Å²) in [5.41, 5.74) is 2.50. The lowest BCUT2D eigenvalue weighted by Gasteiger charge is -2.07. The van der Waals surface area contributed by atoms with Gasteiger partial charge in [0.05, 0.1) is 0 Å². The van der Waals surface area contributed by atoms with E-state index in [1.807, 2.05) is 12.1 Å². The summed E-state index contributed by atoms with van der Waals surface area (Å²) in [4.78, 5) is 19.5. The first kappa shape index (κ1) is 10.9. The zero-order valence-corrected chi connectivity index (χ0v) is 9.71. The molecule has 2 aromatic rings. The number of carboxylic acid groups (broad SMARTS) is 1. The van der Waals surface area contributed by atoms with Crippen molar-refractivity contribution in [1.29, 1.82) is 0 Å². The topological polar surface area (TPSA) is 63.1 Å². The summed E-state index contributed by atoms with van der Waals surface area (Å²) < 4.78 is 0. The van der Waals surface area contributed by atoms with Gasteiger partial charge in [-0.1, -0.05) is 6.07 Å². The molecule has 0 unspecified atom stereocenters. The minimum Gasteiger partial charge on any atom is -0.476 e. The van der Waals surface area contributed by atoms with Crippen molar-refractivity contribution >= 4 is 5.97 Å². The van der Waals surface area contributed by atoms with Gasteiger partial charge in [0, 0.05) is 29.6 Å². The molecule has 0 amide bonds. The molecule has 0 aromatic carbocycles. The molecule has 1 N–H and O–H groups in total. The van der Waals surface area contributed by atoms with Crippen molar-refractivity contribution < 1.29 is 9.90 Å². The quantitative estimate of drug-likeness (QED) is 0.895. The summed E-state index contributed by atoms with van der Waals surface area (Å²) in [7, 11) is 0. The van der Waals surface area contributed by atoms with Crippen LogP contribution >= 0.6 is 0 Å². The van der Waals surface area contributed by atoms with E-state index in [4.69, 9.17) is 0 Å². The van der Waals surface area contributed by atoms with Crippen LogP contribution in [0, 0.1) is 0 Å². The van der Waals surface area contributed by atoms with Gasteiger partial charge in [0.2, 0.25) is 0 Å². The Morgan fingerprint density at radius 1 is 1.17 bits per heavy atom. The molecule has 90 valence electrons. The van der Waals surface area contributed by atoms with E-state index in [0.717, 1.165) is 24.1 Å². The van der Waals surface area contributed by atoms with E-state index < -0.39 is 5.97 Å². The lowest BCUT2D eigenvalue weighted by molar-refractivity contribution is 0.0691. The lowest BCUT2D eigenvalue weighted by atomic mass is 10.0. The van der Waals surface area contributed by atoms with Crippen LogP contribution in [0.2, 0.25) is 0 Å². The lowest BCUT2D eigenvalue weighted by Crippen LogP contribution is -2.05. The Morgan fingerprint density at radius 2 is 1.89 bits per heavy atom. The third-order valence-electron chi connectivity index (χ3n) is 3.11. The molecule has 1 fully saturated rings. The zero-order chi connectivity index (χ0) is 12.5.